The van der Waals surface area contributed by atoms with Gasteiger partial charge in [-0.1, -0.05) is 84.0 Å². The number of imide groups is 1. The summed E-state index contributed by atoms with van der Waals surface area (Å²) in [5.41, 5.74) is 2.54. The Kier molecular flexibility index (Phi) is 6.17. The molecule has 0 bridgehead atoms. The quantitative estimate of drug-likeness (QED) is 0.534. The number of nitrogens with zero attached hydrogens (tertiary/aromatic N) is 2. The Balaban J connectivity index is 1.61. The van der Waals surface area contributed by atoms with E-state index in [0.29, 0.717) is 24.6 Å². The second-order valence-corrected chi connectivity index (χ2v) is 11.2. The van der Waals surface area contributed by atoms with Crippen molar-refractivity contribution in [3.63, 3.8) is 0 Å². The Morgan fingerprint density at radius 3 is 2.09 bits per heavy atom. The zero-order valence-corrected chi connectivity index (χ0v) is 21.2. The van der Waals surface area contributed by atoms with E-state index in [1.54, 1.807) is 4.90 Å². The first-order chi connectivity index (χ1) is 16.0. The van der Waals surface area contributed by atoms with Gasteiger partial charge in [-0.3, -0.25) is 14.4 Å². The van der Waals surface area contributed by atoms with Gasteiger partial charge in [0.15, 0.2) is 0 Å². The van der Waals surface area contributed by atoms with Crippen LogP contribution in [0.1, 0.15) is 65.0 Å². The predicted molar refractivity (Wildman–Crippen MR) is 134 cm³/mol. The van der Waals surface area contributed by atoms with Crippen molar-refractivity contribution in [3.8, 4) is 0 Å². The highest BCUT2D eigenvalue weighted by Gasteiger charge is 2.69. The van der Waals surface area contributed by atoms with E-state index in [4.69, 9.17) is 0 Å². The molecule has 2 aromatic rings. The van der Waals surface area contributed by atoms with Crippen LogP contribution in [0, 0.1) is 16.7 Å². The van der Waals surface area contributed by atoms with Gasteiger partial charge in [-0.05, 0) is 46.4 Å². The fraction of sp³-hybridized carbons (Fsp3) is 0.483. The molecule has 2 fully saturated rings. The lowest BCUT2D eigenvalue weighted by Crippen LogP contribution is -2.47. The number of carbonyl (C=O) groups is 3. The lowest BCUT2D eigenvalue weighted by molar-refractivity contribution is -0.140. The first kappa shape index (κ1) is 24.2. The Hall–Kier alpha value is -2.95. The second-order valence-electron chi connectivity index (χ2n) is 11.2. The molecule has 5 nitrogen and oxygen atoms in total. The highest BCUT2D eigenvalue weighted by molar-refractivity contribution is 6.23. The molecule has 2 aromatic carbocycles. The maximum Gasteiger partial charge on any atom is 0.257 e. The Bertz CT molecular complexity index is 1070. The first-order valence-electron chi connectivity index (χ1n) is 12.3. The van der Waals surface area contributed by atoms with E-state index in [1.165, 1.54) is 4.90 Å². The van der Waals surface area contributed by atoms with Crippen molar-refractivity contribution in [1.29, 1.82) is 0 Å². The molecule has 1 unspecified atom stereocenters. The van der Waals surface area contributed by atoms with E-state index in [2.05, 4.69) is 41.5 Å². The van der Waals surface area contributed by atoms with Gasteiger partial charge in [0.25, 0.3) is 5.91 Å². The average molecular weight is 461 g/mol. The smallest absolute Gasteiger partial charge is 0.257 e. The van der Waals surface area contributed by atoms with Crippen molar-refractivity contribution in [1.82, 2.24) is 4.90 Å². The lowest BCUT2D eigenvalue weighted by Gasteiger charge is -2.29. The molecule has 1 aliphatic heterocycles. The molecule has 2 aliphatic rings. The molecule has 1 aliphatic carbocycles. The van der Waals surface area contributed by atoms with E-state index in [0.717, 1.165) is 11.1 Å². The molecule has 0 spiro atoms. The maximum absolute atomic E-state index is 13.8. The van der Waals surface area contributed by atoms with Crippen LogP contribution < -0.4 is 4.90 Å². The van der Waals surface area contributed by atoms with Crippen LogP contribution in [0.3, 0.4) is 0 Å². The minimum Gasteiger partial charge on any atom is -0.329 e. The summed E-state index contributed by atoms with van der Waals surface area (Å²) in [6, 6.07) is 16.8. The SMILES string of the molecule is CC(C)c1ccc(N2C(=O)CC(N(CCc3ccccc3)C(=O)C3C(C)(C)C3(C)C)C2=O)cc1. The molecule has 1 heterocycles. The van der Waals surface area contributed by atoms with E-state index in [-0.39, 0.29) is 40.9 Å². The number of carbonyl (C=O) groups excluding carboxylic acids is 3. The minimum absolute atomic E-state index is 0.0194. The highest BCUT2D eigenvalue weighted by Crippen LogP contribution is 2.69. The normalized spacial score (nSPS) is 21.3. The van der Waals surface area contributed by atoms with Crippen LogP contribution in [-0.2, 0) is 20.8 Å². The number of benzene rings is 2. The number of rotatable bonds is 7. The topological polar surface area (TPSA) is 57.7 Å². The van der Waals surface area contributed by atoms with Crippen LogP contribution >= 0.6 is 0 Å². The van der Waals surface area contributed by atoms with Crippen molar-refractivity contribution in [3.05, 3.63) is 65.7 Å². The summed E-state index contributed by atoms with van der Waals surface area (Å²) in [6.45, 7) is 13.0. The Labute approximate surface area is 203 Å². The fourth-order valence-corrected chi connectivity index (χ4v) is 5.43. The fourth-order valence-electron chi connectivity index (χ4n) is 5.43. The first-order valence-corrected chi connectivity index (χ1v) is 12.3. The number of amides is 3. The molecule has 0 aromatic heterocycles. The second kappa shape index (κ2) is 8.68. The standard InChI is InChI=1S/C29H36N2O3/c1-19(2)21-12-14-22(15-13-21)31-24(32)18-23(26(31)33)30(17-16-20-10-8-7-9-11-20)27(34)25-28(3,4)29(25,5)6/h7-15,19,23,25H,16-18H2,1-6H3. The van der Waals surface area contributed by atoms with Crippen molar-refractivity contribution in [2.45, 2.75) is 66.3 Å². The van der Waals surface area contributed by atoms with Gasteiger partial charge < -0.3 is 4.90 Å². The van der Waals surface area contributed by atoms with Crippen LogP contribution in [0.4, 0.5) is 5.69 Å². The molecule has 1 saturated heterocycles. The number of anilines is 1. The molecule has 5 heteroatoms. The van der Waals surface area contributed by atoms with Gasteiger partial charge in [-0.15, -0.1) is 0 Å². The van der Waals surface area contributed by atoms with Gasteiger partial charge in [0.05, 0.1) is 12.1 Å². The monoisotopic (exact) mass is 460 g/mol. The summed E-state index contributed by atoms with van der Waals surface area (Å²) in [6.07, 6.45) is 0.667. The van der Waals surface area contributed by atoms with Crippen molar-refractivity contribution >= 4 is 23.4 Å². The van der Waals surface area contributed by atoms with E-state index < -0.39 is 6.04 Å². The van der Waals surface area contributed by atoms with Gasteiger partial charge in [-0.2, -0.15) is 0 Å². The molecule has 3 amide bonds. The summed E-state index contributed by atoms with van der Waals surface area (Å²) >= 11 is 0. The number of hydrogen-bond donors (Lipinski definition) is 0. The Morgan fingerprint density at radius 1 is 0.971 bits per heavy atom. The van der Waals surface area contributed by atoms with Gasteiger partial charge >= 0.3 is 0 Å². The third-order valence-electron chi connectivity index (χ3n) is 8.35. The minimum atomic E-state index is -0.763. The van der Waals surface area contributed by atoms with Gasteiger partial charge in [0, 0.05) is 12.5 Å². The summed E-state index contributed by atoms with van der Waals surface area (Å²) in [7, 11) is 0. The molecule has 34 heavy (non-hydrogen) atoms. The van der Waals surface area contributed by atoms with Gasteiger partial charge in [-0.25, -0.2) is 4.90 Å². The zero-order chi connectivity index (χ0) is 24.8. The van der Waals surface area contributed by atoms with Crippen LogP contribution in [0.2, 0.25) is 0 Å². The number of hydrogen-bond acceptors (Lipinski definition) is 3. The van der Waals surface area contributed by atoms with Crippen LogP contribution in [-0.4, -0.2) is 35.2 Å². The molecule has 1 atom stereocenters. The van der Waals surface area contributed by atoms with Crippen LogP contribution in [0.15, 0.2) is 54.6 Å². The largest absolute Gasteiger partial charge is 0.329 e. The molecule has 4 rings (SSSR count). The molecule has 0 N–H and O–H groups in total. The molecular weight excluding hydrogens is 424 g/mol. The molecule has 1 saturated carbocycles. The van der Waals surface area contributed by atoms with E-state index >= 15 is 0 Å². The van der Waals surface area contributed by atoms with Gasteiger partial charge in [0.2, 0.25) is 11.8 Å². The van der Waals surface area contributed by atoms with E-state index in [9.17, 15) is 14.4 Å². The van der Waals surface area contributed by atoms with Crippen molar-refractivity contribution in [2.24, 2.45) is 16.7 Å². The predicted octanol–water partition coefficient (Wildman–Crippen LogP) is 5.20. The highest BCUT2D eigenvalue weighted by atomic mass is 16.2. The van der Waals surface area contributed by atoms with Crippen LogP contribution in [0.25, 0.3) is 0 Å². The van der Waals surface area contributed by atoms with Gasteiger partial charge in [0.1, 0.15) is 6.04 Å². The molecular formula is C29H36N2O3. The summed E-state index contributed by atoms with van der Waals surface area (Å²) < 4.78 is 0. The summed E-state index contributed by atoms with van der Waals surface area (Å²) in [5, 5.41) is 0. The van der Waals surface area contributed by atoms with E-state index in [1.807, 2.05) is 54.6 Å². The van der Waals surface area contributed by atoms with Crippen molar-refractivity contribution < 1.29 is 14.4 Å². The zero-order valence-electron chi connectivity index (χ0n) is 21.2. The average Bonchev–Trinajstić information content (AvgIpc) is 3.02. The molecule has 180 valence electrons. The molecule has 0 radical (unpaired) electrons. The third-order valence-corrected chi connectivity index (χ3v) is 8.35. The summed E-state index contributed by atoms with van der Waals surface area (Å²) in [5.74, 6) is -0.380. The summed E-state index contributed by atoms with van der Waals surface area (Å²) in [4.78, 5) is 43.4. The van der Waals surface area contributed by atoms with Crippen molar-refractivity contribution in [2.75, 3.05) is 11.4 Å². The maximum atomic E-state index is 13.8. The third kappa shape index (κ3) is 4.06. The Morgan fingerprint density at radius 2 is 1.56 bits per heavy atom. The lowest BCUT2D eigenvalue weighted by atomic mass is 10.0. The van der Waals surface area contributed by atoms with Crippen LogP contribution in [0.5, 0.6) is 0 Å².